The van der Waals surface area contributed by atoms with Gasteiger partial charge in [0.25, 0.3) is 0 Å². The summed E-state index contributed by atoms with van der Waals surface area (Å²) in [6.07, 6.45) is 1.55. The van der Waals surface area contributed by atoms with Crippen molar-refractivity contribution in [3.05, 3.63) is 30.3 Å². The standard InChI is InChI=1S/C18H27N3O3S/c1-2-25(23,24)21-10-6-7-16(15-21)18(22)20-13-11-19(12-14-20)17-8-4-3-5-9-17/h3-5,8-9,16H,2,6-7,10-15H2,1H3. The summed E-state index contributed by atoms with van der Waals surface area (Å²) in [6, 6.07) is 10.2. The number of anilines is 1. The first kappa shape index (κ1) is 18.2. The van der Waals surface area contributed by atoms with Gasteiger partial charge in [0, 0.05) is 45.0 Å². The SMILES string of the molecule is CCS(=O)(=O)N1CCCC(C(=O)N2CCN(c3ccccc3)CC2)C1. The van der Waals surface area contributed by atoms with Crippen molar-refractivity contribution in [2.75, 3.05) is 49.9 Å². The fraction of sp³-hybridized carbons (Fsp3) is 0.611. The summed E-state index contributed by atoms with van der Waals surface area (Å²) in [5.74, 6) is 0.0194. The van der Waals surface area contributed by atoms with Crippen LogP contribution in [0.5, 0.6) is 0 Å². The molecule has 1 unspecified atom stereocenters. The lowest BCUT2D eigenvalue weighted by molar-refractivity contribution is -0.137. The molecule has 0 spiro atoms. The van der Waals surface area contributed by atoms with E-state index in [1.54, 1.807) is 6.92 Å². The molecule has 0 saturated carbocycles. The van der Waals surface area contributed by atoms with Crippen molar-refractivity contribution in [1.29, 1.82) is 0 Å². The van der Waals surface area contributed by atoms with Crippen LogP contribution < -0.4 is 4.90 Å². The zero-order valence-electron chi connectivity index (χ0n) is 14.8. The fourth-order valence-corrected chi connectivity index (χ4v) is 4.84. The molecule has 2 saturated heterocycles. The average Bonchev–Trinajstić information content (AvgIpc) is 2.68. The average molecular weight is 365 g/mol. The number of hydrogen-bond donors (Lipinski definition) is 0. The van der Waals surface area contributed by atoms with Gasteiger partial charge in [-0.05, 0) is 31.9 Å². The molecule has 0 aliphatic carbocycles. The molecule has 138 valence electrons. The zero-order valence-corrected chi connectivity index (χ0v) is 15.6. The molecule has 1 atom stereocenters. The highest BCUT2D eigenvalue weighted by Crippen LogP contribution is 2.23. The summed E-state index contributed by atoms with van der Waals surface area (Å²) in [5, 5.41) is 0. The van der Waals surface area contributed by atoms with Crippen LogP contribution >= 0.6 is 0 Å². The Bertz CT molecular complexity index is 685. The molecule has 2 fully saturated rings. The van der Waals surface area contributed by atoms with E-state index < -0.39 is 10.0 Å². The van der Waals surface area contributed by atoms with E-state index in [-0.39, 0.29) is 17.6 Å². The largest absolute Gasteiger partial charge is 0.368 e. The molecule has 1 aromatic rings. The molecule has 0 aromatic heterocycles. The second-order valence-corrected chi connectivity index (χ2v) is 9.00. The Morgan fingerprint density at radius 2 is 1.76 bits per heavy atom. The van der Waals surface area contributed by atoms with Crippen LogP contribution in [0, 0.1) is 5.92 Å². The predicted molar refractivity (Wildman–Crippen MR) is 99.0 cm³/mol. The van der Waals surface area contributed by atoms with Gasteiger partial charge in [-0.1, -0.05) is 18.2 Å². The van der Waals surface area contributed by atoms with Crippen LogP contribution in [0.2, 0.25) is 0 Å². The summed E-state index contributed by atoms with van der Waals surface area (Å²) < 4.78 is 25.7. The normalized spacial score (nSPS) is 22.8. The van der Waals surface area contributed by atoms with Crippen LogP contribution in [0.25, 0.3) is 0 Å². The van der Waals surface area contributed by atoms with E-state index in [9.17, 15) is 13.2 Å². The Labute approximate surface area is 150 Å². The van der Waals surface area contributed by atoms with Crippen LogP contribution in [0.4, 0.5) is 5.69 Å². The van der Waals surface area contributed by atoms with Gasteiger partial charge in [0.2, 0.25) is 15.9 Å². The molecule has 0 bridgehead atoms. The molecule has 2 aliphatic rings. The van der Waals surface area contributed by atoms with Crippen LogP contribution in [-0.4, -0.2) is 68.6 Å². The first-order valence-corrected chi connectivity index (χ1v) is 10.7. The Morgan fingerprint density at radius 1 is 1.08 bits per heavy atom. The summed E-state index contributed by atoms with van der Waals surface area (Å²) in [4.78, 5) is 17.0. The molecule has 0 N–H and O–H groups in total. The van der Waals surface area contributed by atoms with E-state index in [1.807, 2.05) is 23.1 Å². The van der Waals surface area contributed by atoms with Gasteiger partial charge in [-0.3, -0.25) is 4.79 Å². The maximum atomic E-state index is 12.8. The molecule has 3 rings (SSSR count). The first-order valence-electron chi connectivity index (χ1n) is 9.08. The smallest absolute Gasteiger partial charge is 0.227 e. The van der Waals surface area contributed by atoms with Gasteiger partial charge in [-0.25, -0.2) is 12.7 Å². The van der Waals surface area contributed by atoms with Gasteiger partial charge >= 0.3 is 0 Å². The molecule has 2 aliphatic heterocycles. The Balaban J connectivity index is 1.57. The summed E-state index contributed by atoms with van der Waals surface area (Å²) in [5.41, 5.74) is 1.19. The number of para-hydroxylation sites is 1. The van der Waals surface area contributed by atoms with Crippen molar-refractivity contribution in [2.24, 2.45) is 5.92 Å². The highest BCUT2D eigenvalue weighted by molar-refractivity contribution is 7.89. The van der Waals surface area contributed by atoms with E-state index in [0.29, 0.717) is 26.2 Å². The minimum Gasteiger partial charge on any atom is -0.368 e. The molecule has 0 radical (unpaired) electrons. The second-order valence-electron chi connectivity index (χ2n) is 6.75. The number of sulfonamides is 1. The van der Waals surface area contributed by atoms with Gasteiger partial charge in [0.05, 0.1) is 11.7 Å². The van der Waals surface area contributed by atoms with Crippen LogP contribution in [-0.2, 0) is 14.8 Å². The van der Waals surface area contributed by atoms with Crippen LogP contribution in [0.15, 0.2) is 30.3 Å². The molecule has 7 heteroatoms. The molecule has 1 aromatic carbocycles. The zero-order chi connectivity index (χ0) is 17.9. The number of carbonyl (C=O) groups excluding carboxylic acids is 1. The number of carbonyl (C=O) groups is 1. The molecule has 25 heavy (non-hydrogen) atoms. The third-order valence-corrected chi connectivity index (χ3v) is 7.05. The van der Waals surface area contributed by atoms with Crippen molar-refractivity contribution < 1.29 is 13.2 Å². The van der Waals surface area contributed by atoms with E-state index in [1.165, 1.54) is 9.99 Å². The lowest BCUT2D eigenvalue weighted by Crippen LogP contribution is -2.53. The first-order chi connectivity index (χ1) is 12.0. The lowest BCUT2D eigenvalue weighted by Gasteiger charge is -2.39. The highest BCUT2D eigenvalue weighted by Gasteiger charge is 2.34. The Hall–Kier alpha value is -1.60. The van der Waals surface area contributed by atoms with E-state index >= 15 is 0 Å². The quantitative estimate of drug-likeness (QED) is 0.809. The summed E-state index contributed by atoms with van der Waals surface area (Å²) >= 11 is 0. The van der Waals surface area contributed by atoms with E-state index in [4.69, 9.17) is 0 Å². The summed E-state index contributed by atoms with van der Waals surface area (Å²) in [6.45, 7) is 5.58. The molecule has 6 nitrogen and oxygen atoms in total. The highest BCUT2D eigenvalue weighted by atomic mass is 32.2. The van der Waals surface area contributed by atoms with E-state index in [0.717, 1.165) is 25.9 Å². The van der Waals surface area contributed by atoms with Crippen LogP contribution in [0.1, 0.15) is 19.8 Å². The van der Waals surface area contributed by atoms with Gasteiger partial charge in [-0.15, -0.1) is 0 Å². The number of rotatable bonds is 4. The van der Waals surface area contributed by atoms with Gasteiger partial charge in [0.15, 0.2) is 0 Å². The third kappa shape index (κ3) is 4.15. The topological polar surface area (TPSA) is 60.9 Å². The second kappa shape index (κ2) is 7.74. The summed E-state index contributed by atoms with van der Waals surface area (Å²) in [7, 11) is -3.21. The predicted octanol–water partition coefficient (Wildman–Crippen LogP) is 1.40. The number of benzene rings is 1. The Kier molecular flexibility index (Phi) is 5.64. The Morgan fingerprint density at radius 3 is 2.40 bits per heavy atom. The van der Waals surface area contributed by atoms with Crippen molar-refractivity contribution >= 4 is 21.6 Å². The molecule has 2 heterocycles. The van der Waals surface area contributed by atoms with Crippen molar-refractivity contribution in [3.63, 3.8) is 0 Å². The van der Waals surface area contributed by atoms with Crippen molar-refractivity contribution in [3.8, 4) is 0 Å². The number of hydrogen-bond acceptors (Lipinski definition) is 4. The van der Waals surface area contributed by atoms with Gasteiger partial charge in [0.1, 0.15) is 0 Å². The maximum Gasteiger partial charge on any atom is 0.227 e. The van der Waals surface area contributed by atoms with Crippen molar-refractivity contribution in [2.45, 2.75) is 19.8 Å². The monoisotopic (exact) mass is 365 g/mol. The number of piperidine rings is 1. The number of nitrogens with zero attached hydrogens (tertiary/aromatic N) is 3. The third-order valence-electron chi connectivity index (χ3n) is 5.20. The van der Waals surface area contributed by atoms with E-state index in [2.05, 4.69) is 17.0 Å². The van der Waals surface area contributed by atoms with Gasteiger partial charge in [-0.2, -0.15) is 0 Å². The molecular weight excluding hydrogens is 338 g/mol. The minimum atomic E-state index is -3.21. The van der Waals surface area contributed by atoms with Crippen molar-refractivity contribution in [1.82, 2.24) is 9.21 Å². The number of amides is 1. The lowest BCUT2D eigenvalue weighted by atomic mass is 9.97. The minimum absolute atomic E-state index is 0.101. The van der Waals surface area contributed by atoms with Crippen LogP contribution in [0.3, 0.4) is 0 Å². The maximum absolute atomic E-state index is 12.8. The number of piperazine rings is 1. The molecular formula is C18H27N3O3S. The molecule has 1 amide bonds. The van der Waals surface area contributed by atoms with Gasteiger partial charge < -0.3 is 9.80 Å². The fourth-order valence-electron chi connectivity index (χ4n) is 3.66.